The van der Waals surface area contributed by atoms with E-state index in [-0.39, 0.29) is 0 Å². The fourth-order valence-corrected chi connectivity index (χ4v) is 3.09. The molecule has 1 atom stereocenters. The molecule has 88 valence electrons. The van der Waals surface area contributed by atoms with Crippen LogP contribution in [-0.4, -0.2) is 34.3 Å². The fourth-order valence-electron chi connectivity index (χ4n) is 1.77. The predicted octanol–water partition coefficient (Wildman–Crippen LogP) is 2.55. The minimum Gasteiger partial charge on any atom is -0.353 e. The van der Waals surface area contributed by atoms with Gasteiger partial charge in [-0.05, 0) is 18.6 Å². The van der Waals surface area contributed by atoms with Gasteiger partial charge < -0.3 is 4.90 Å². The zero-order valence-electron chi connectivity index (χ0n) is 9.40. The van der Waals surface area contributed by atoms with Crippen LogP contribution in [0.3, 0.4) is 0 Å². The molecule has 0 saturated carbocycles. The summed E-state index contributed by atoms with van der Waals surface area (Å²) in [7, 11) is 0. The van der Waals surface area contributed by atoms with Crippen LogP contribution in [0, 0.1) is 0 Å². The first kappa shape index (κ1) is 12.0. The molecule has 1 fully saturated rings. The number of thioether (sulfide) groups is 1. The average molecular weight is 258 g/mol. The van der Waals surface area contributed by atoms with Gasteiger partial charge in [0.25, 0.3) is 0 Å². The second kappa shape index (κ2) is 5.73. The van der Waals surface area contributed by atoms with Crippen molar-refractivity contribution >= 4 is 29.2 Å². The van der Waals surface area contributed by atoms with Gasteiger partial charge in [0.15, 0.2) is 5.82 Å². The van der Waals surface area contributed by atoms with Gasteiger partial charge in [-0.1, -0.05) is 6.92 Å². The van der Waals surface area contributed by atoms with Gasteiger partial charge >= 0.3 is 0 Å². The molecule has 3 nitrogen and oxygen atoms in total. The Morgan fingerprint density at radius 1 is 1.50 bits per heavy atom. The van der Waals surface area contributed by atoms with Gasteiger partial charge in [-0.15, -0.1) is 16.7 Å². The smallest absolute Gasteiger partial charge is 0.151 e. The number of hydrogen-bond donors (Lipinski definition) is 0. The fraction of sp³-hybridized carbons (Fsp3) is 0.636. The van der Waals surface area contributed by atoms with Crippen LogP contribution < -0.4 is 4.90 Å². The SMILES string of the molecule is CCC1CN(c2ccc(CCl)nn2)CCS1. The first-order chi connectivity index (χ1) is 7.83. The summed E-state index contributed by atoms with van der Waals surface area (Å²) in [6.07, 6.45) is 1.22. The third kappa shape index (κ3) is 2.80. The van der Waals surface area contributed by atoms with Crippen molar-refractivity contribution in [3.05, 3.63) is 17.8 Å². The van der Waals surface area contributed by atoms with Crippen LogP contribution in [0.5, 0.6) is 0 Å². The summed E-state index contributed by atoms with van der Waals surface area (Å²) in [5, 5.41) is 9.04. The Labute approximate surface area is 106 Å². The molecule has 2 heterocycles. The van der Waals surface area contributed by atoms with E-state index in [0.29, 0.717) is 5.88 Å². The van der Waals surface area contributed by atoms with E-state index in [1.807, 2.05) is 12.1 Å². The summed E-state index contributed by atoms with van der Waals surface area (Å²) in [5.41, 5.74) is 0.837. The monoisotopic (exact) mass is 257 g/mol. The molecule has 0 bridgehead atoms. The lowest BCUT2D eigenvalue weighted by molar-refractivity contribution is 0.712. The van der Waals surface area contributed by atoms with Crippen molar-refractivity contribution in [2.75, 3.05) is 23.7 Å². The Bertz CT molecular complexity index is 331. The Morgan fingerprint density at radius 3 is 3.00 bits per heavy atom. The van der Waals surface area contributed by atoms with E-state index in [9.17, 15) is 0 Å². The molecular weight excluding hydrogens is 242 g/mol. The van der Waals surface area contributed by atoms with Gasteiger partial charge in [0.05, 0.1) is 11.6 Å². The second-order valence-electron chi connectivity index (χ2n) is 3.86. The largest absolute Gasteiger partial charge is 0.353 e. The summed E-state index contributed by atoms with van der Waals surface area (Å²) in [4.78, 5) is 2.32. The number of nitrogens with zero attached hydrogens (tertiary/aromatic N) is 3. The molecule has 1 unspecified atom stereocenters. The molecular formula is C11H16ClN3S. The molecule has 2 rings (SSSR count). The third-order valence-corrected chi connectivity index (χ3v) is 4.41. The Balaban J connectivity index is 2.05. The molecule has 0 aliphatic carbocycles. The van der Waals surface area contributed by atoms with Gasteiger partial charge in [0, 0.05) is 24.1 Å². The van der Waals surface area contributed by atoms with Crippen molar-refractivity contribution in [3.63, 3.8) is 0 Å². The van der Waals surface area contributed by atoms with Crippen LogP contribution in [0.25, 0.3) is 0 Å². The van der Waals surface area contributed by atoms with Crippen LogP contribution in [0.1, 0.15) is 19.0 Å². The van der Waals surface area contributed by atoms with Crippen molar-refractivity contribution in [1.82, 2.24) is 10.2 Å². The third-order valence-electron chi connectivity index (χ3n) is 2.76. The second-order valence-corrected chi connectivity index (χ2v) is 5.54. The highest BCUT2D eigenvalue weighted by Gasteiger charge is 2.19. The Morgan fingerprint density at radius 2 is 2.38 bits per heavy atom. The van der Waals surface area contributed by atoms with E-state index in [1.54, 1.807) is 0 Å². The van der Waals surface area contributed by atoms with Crippen LogP contribution in [0.2, 0.25) is 0 Å². The summed E-state index contributed by atoms with van der Waals surface area (Å²) in [6, 6.07) is 3.98. The number of halogens is 1. The zero-order chi connectivity index (χ0) is 11.4. The highest BCUT2D eigenvalue weighted by atomic mass is 35.5. The molecule has 5 heteroatoms. The van der Waals surface area contributed by atoms with Gasteiger partial charge in [-0.2, -0.15) is 16.9 Å². The van der Waals surface area contributed by atoms with E-state index in [0.717, 1.165) is 29.9 Å². The van der Waals surface area contributed by atoms with Crippen molar-refractivity contribution in [2.45, 2.75) is 24.5 Å². The predicted molar refractivity (Wildman–Crippen MR) is 70.3 cm³/mol. The molecule has 0 aromatic carbocycles. The van der Waals surface area contributed by atoms with E-state index < -0.39 is 0 Å². The summed E-state index contributed by atoms with van der Waals surface area (Å²) >= 11 is 7.75. The number of rotatable bonds is 3. The molecule has 1 aliphatic rings. The Hall–Kier alpha value is -0.480. The minimum atomic E-state index is 0.431. The molecule has 1 saturated heterocycles. The number of anilines is 1. The molecule has 1 aromatic rings. The van der Waals surface area contributed by atoms with Gasteiger partial charge in [0.2, 0.25) is 0 Å². The molecule has 1 aliphatic heterocycles. The summed E-state index contributed by atoms with van der Waals surface area (Å²) < 4.78 is 0. The van der Waals surface area contributed by atoms with Gasteiger partial charge in [-0.3, -0.25) is 0 Å². The maximum absolute atomic E-state index is 5.69. The first-order valence-corrected chi connectivity index (χ1v) is 7.17. The maximum atomic E-state index is 5.69. The highest BCUT2D eigenvalue weighted by molar-refractivity contribution is 8.00. The zero-order valence-corrected chi connectivity index (χ0v) is 11.0. The first-order valence-electron chi connectivity index (χ1n) is 5.58. The molecule has 0 amide bonds. The topological polar surface area (TPSA) is 29.0 Å². The number of hydrogen-bond acceptors (Lipinski definition) is 4. The van der Waals surface area contributed by atoms with E-state index in [1.165, 1.54) is 12.2 Å². The van der Waals surface area contributed by atoms with Crippen molar-refractivity contribution in [2.24, 2.45) is 0 Å². The highest BCUT2D eigenvalue weighted by Crippen LogP contribution is 2.24. The standard InChI is InChI=1S/C11H16ClN3S/c1-2-10-8-15(5-6-16-10)11-4-3-9(7-12)13-14-11/h3-4,10H,2,5-8H2,1H3. The normalized spacial score (nSPS) is 21.1. The van der Waals surface area contributed by atoms with Crippen molar-refractivity contribution in [3.8, 4) is 0 Å². The quantitative estimate of drug-likeness (QED) is 0.779. The lowest BCUT2D eigenvalue weighted by atomic mass is 10.3. The minimum absolute atomic E-state index is 0.431. The van der Waals surface area contributed by atoms with Crippen LogP contribution in [0.15, 0.2) is 12.1 Å². The summed E-state index contributed by atoms with van der Waals surface area (Å²) in [6.45, 7) is 4.38. The molecule has 16 heavy (non-hydrogen) atoms. The number of alkyl halides is 1. The number of aromatic nitrogens is 2. The van der Waals surface area contributed by atoms with Crippen molar-refractivity contribution in [1.29, 1.82) is 0 Å². The molecule has 1 aromatic heterocycles. The van der Waals surface area contributed by atoms with Crippen LogP contribution >= 0.6 is 23.4 Å². The van der Waals surface area contributed by atoms with E-state index in [4.69, 9.17) is 11.6 Å². The summed E-state index contributed by atoms with van der Waals surface area (Å²) in [5.74, 6) is 2.59. The van der Waals surface area contributed by atoms with Crippen LogP contribution in [0.4, 0.5) is 5.82 Å². The maximum Gasteiger partial charge on any atom is 0.151 e. The Kier molecular flexibility index (Phi) is 4.29. The lowest BCUT2D eigenvalue weighted by Gasteiger charge is -2.32. The molecule has 0 N–H and O–H groups in total. The van der Waals surface area contributed by atoms with Crippen LogP contribution in [-0.2, 0) is 5.88 Å². The van der Waals surface area contributed by atoms with E-state index >= 15 is 0 Å². The molecule has 0 spiro atoms. The van der Waals surface area contributed by atoms with Crippen molar-refractivity contribution < 1.29 is 0 Å². The molecule has 0 radical (unpaired) electrons. The van der Waals surface area contributed by atoms with Gasteiger partial charge in [0.1, 0.15) is 0 Å². The average Bonchev–Trinajstić information content (AvgIpc) is 2.39. The van der Waals surface area contributed by atoms with E-state index in [2.05, 4.69) is 33.8 Å². The lowest BCUT2D eigenvalue weighted by Crippen LogP contribution is -2.38. The van der Waals surface area contributed by atoms with Gasteiger partial charge in [-0.25, -0.2) is 0 Å².